The maximum Gasteiger partial charge on any atom is 0.268 e. The molecule has 4 heterocycles. The van der Waals surface area contributed by atoms with Gasteiger partial charge in [0.1, 0.15) is 16.6 Å². The second-order valence-electron chi connectivity index (χ2n) is 12.8. The molecule has 230 valence electrons. The third-order valence-corrected chi connectivity index (χ3v) is 8.66. The van der Waals surface area contributed by atoms with Crippen molar-refractivity contribution in [2.45, 2.75) is 72.6 Å². The lowest BCUT2D eigenvalue weighted by molar-refractivity contribution is -0.127. The molecule has 2 atom stereocenters. The molecule has 1 aliphatic heterocycles. The number of carbonyl (C=O) groups is 2. The van der Waals surface area contributed by atoms with E-state index in [4.69, 9.17) is 4.98 Å². The van der Waals surface area contributed by atoms with Crippen LogP contribution in [0.1, 0.15) is 75.2 Å². The average molecular weight is 614 g/mol. The number of carbonyl (C=O) groups excluding carboxylic acids is 2. The zero-order valence-corrected chi connectivity index (χ0v) is 26.6. The molecular weight excluding hydrogens is 574 g/mol. The number of aliphatic hydroxyl groups is 1. The minimum Gasteiger partial charge on any atom is -0.388 e. The molecule has 0 aliphatic carbocycles. The summed E-state index contributed by atoms with van der Waals surface area (Å²) in [6, 6.07) is 13.0. The van der Waals surface area contributed by atoms with E-state index >= 15 is 0 Å². The highest BCUT2D eigenvalue weighted by molar-refractivity contribution is 7.16. The smallest absolute Gasteiger partial charge is 0.268 e. The minimum atomic E-state index is -0.628. The zero-order valence-electron chi connectivity index (χ0n) is 25.8. The summed E-state index contributed by atoms with van der Waals surface area (Å²) >= 11 is 1.32. The van der Waals surface area contributed by atoms with Gasteiger partial charge in [0.25, 0.3) is 11.8 Å². The Morgan fingerprint density at radius 1 is 1.25 bits per heavy atom. The lowest BCUT2D eigenvalue weighted by Gasteiger charge is -2.26. The van der Waals surface area contributed by atoms with Gasteiger partial charge in [-0.15, -0.1) is 11.3 Å². The second-order valence-corrected chi connectivity index (χ2v) is 13.9. The first-order chi connectivity index (χ1) is 20.9. The van der Waals surface area contributed by atoms with E-state index in [9.17, 15) is 20.0 Å². The molecule has 5 rings (SSSR count). The molecule has 0 saturated carbocycles. The highest BCUT2D eigenvalue weighted by atomic mass is 32.1. The lowest BCUT2D eigenvalue weighted by atomic mass is 9.93. The largest absolute Gasteiger partial charge is 0.388 e. The first-order valence-electron chi connectivity index (χ1n) is 15.0. The van der Waals surface area contributed by atoms with E-state index in [1.54, 1.807) is 27.9 Å². The molecule has 0 radical (unpaired) electrons. The van der Waals surface area contributed by atoms with Gasteiger partial charge in [-0.2, -0.15) is 10.4 Å². The Morgan fingerprint density at radius 3 is 2.73 bits per heavy atom. The van der Waals surface area contributed by atoms with Crippen LogP contribution < -0.4 is 5.32 Å². The van der Waals surface area contributed by atoms with Gasteiger partial charge in [-0.3, -0.25) is 14.9 Å². The van der Waals surface area contributed by atoms with Crippen molar-refractivity contribution in [3.63, 3.8) is 0 Å². The summed E-state index contributed by atoms with van der Waals surface area (Å²) in [6.45, 7) is 11.0. The van der Waals surface area contributed by atoms with E-state index in [2.05, 4.69) is 30.3 Å². The molecule has 3 aromatic heterocycles. The van der Waals surface area contributed by atoms with Crippen molar-refractivity contribution in [1.82, 2.24) is 24.2 Å². The van der Waals surface area contributed by atoms with Crippen LogP contribution in [0.2, 0.25) is 0 Å². The molecule has 1 saturated heterocycles. The summed E-state index contributed by atoms with van der Waals surface area (Å²) in [7, 11) is 0. The maximum atomic E-state index is 13.5. The zero-order chi connectivity index (χ0) is 31.6. The molecule has 0 bridgehead atoms. The van der Waals surface area contributed by atoms with Gasteiger partial charge in [0.2, 0.25) is 5.95 Å². The van der Waals surface area contributed by atoms with Crippen LogP contribution in [-0.2, 0) is 11.3 Å². The molecule has 2 amide bonds. The van der Waals surface area contributed by atoms with Gasteiger partial charge >= 0.3 is 0 Å². The highest BCUT2D eigenvalue weighted by Crippen LogP contribution is 2.31. The number of likely N-dealkylation sites (tertiary alicyclic amines) is 1. The number of aliphatic hydroxyl groups excluding tert-OH is 1. The van der Waals surface area contributed by atoms with Crippen LogP contribution in [0, 0.1) is 22.7 Å². The molecular formula is C33H39N7O3S. The highest BCUT2D eigenvalue weighted by Gasteiger charge is 2.33. The second kappa shape index (κ2) is 12.8. The number of amides is 2. The average Bonchev–Trinajstić information content (AvgIpc) is 3.77. The Hall–Kier alpha value is -4.27. The standard InChI is InChI=1S/C33H39N7O3S/c1-21(2)16-27(41)22-9-10-26-25(17-22)36-32(37-30(42)28-11-12-29(44-28)40-15-7-13-35-40)39(26)20-24-8-6-14-38(24)31(43)23(19-34)18-33(3,4)5/h7,9-13,15,17-18,21,24,27,41H,6,8,14,16,20H2,1-5H3,(H,36,37,42)/b23-18+/t24-,27?/m1/s1. The topological polar surface area (TPSA) is 129 Å². The summed E-state index contributed by atoms with van der Waals surface area (Å²) in [5.74, 6) is 0.106. The lowest BCUT2D eigenvalue weighted by Crippen LogP contribution is -2.39. The number of aromatic nitrogens is 4. The summed E-state index contributed by atoms with van der Waals surface area (Å²) in [5.41, 5.74) is 2.02. The monoisotopic (exact) mass is 613 g/mol. The van der Waals surface area contributed by atoms with Crippen molar-refractivity contribution >= 4 is 40.1 Å². The Labute approximate surface area is 261 Å². The van der Waals surface area contributed by atoms with Gasteiger partial charge in [-0.25, -0.2) is 9.67 Å². The Kier molecular flexibility index (Phi) is 9.04. The number of benzene rings is 1. The SMILES string of the molecule is CC(C)CC(O)c1ccc2c(c1)nc(NC(=O)c1ccc(-n3cccn3)s1)n2C[C@H]1CCCN1C(=O)/C(C#N)=C/C(C)(C)C. The third-order valence-electron chi connectivity index (χ3n) is 7.58. The van der Waals surface area contributed by atoms with Crippen molar-refractivity contribution in [2.24, 2.45) is 11.3 Å². The van der Waals surface area contributed by atoms with E-state index in [-0.39, 0.29) is 28.8 Å². The van der Waals surface area contributed by atoms with Crippen molar-refractivity contribution in [3.05, 3.63) is 70.9 Å². The molecule has 11 heteroatoms. The van der Waals surface area contributed by atoms with Crippen molar-refractivity contribution in [2.75, 3.05) is 11.9 Å². The third kappa shape index (κ3) is 6.93. The summed E-state index contributed by atoms with van der Waals surface area (Å²) in [4.78, 5) is 34.1. The quantitative estimate of drug-likeness (QED) is 0.173. The number of imidazole rings is 1. The van der Waals surface area contributed by atoms with Crippen molar-refractivity contribution in [1.29, 1.82) is 5.26 Å². The minimum absolute atomic E-state index is 0.142. The molecule has 1 unspecified atom stereocenters. The van der Waals surface area contributed by atoms with Crippen LogP contribution in [0.4, 0.5) is 5.95 Å². The number of allylic oxidation sites excluding steroid dienone is 1. The molecule has 0 spiro atoms. The molecule has 44 heavy (non-hydrogen) atoms. The Bertz CT molecular complexity index is 1720. The van der Waals surface area contributed by atoms with Gasteiger partial charge in [0, 0.05) is 25.5 Å². The molecule has 1 aliphatic rings. The molecule has 2 N–H and O–H groups in total. The summed E-state index contributed by atoms with van der Waals surface area (Å²) in [5, 5.41) is 28.6. The van der Waals surface area contributed by atoms with Gasteiger partial charge in [-0.1, -0.05) is 46.8 Å². The molecule has 10 nitrogen and oxygen atoms in total. The van der Waals surface area contributed by atoms with Crippen molar-refractivity contribution in [3.8, 4) is 11.1 Å². The van der Waals surface area contributed by atoms with E-state index in [0.717, 1.165) is 28.9 Å². The van der Waals surface area contributed by atoms with E-state index in [1.807, 2.05) is 61.9 Å². The van der Waals surface area contributed by atoms with Crippen LogP contribution in [-0.4, -0.2) is 53.7 Å². The van der Waals surface area contributed by atoms with Gasteiger partial charge in [-0.05, 0) is 66.5 Å². The number of hydrogen-bond acceptors (Lipinski definition) is 7. The van der Waals surface area contributed by atoms with E-state index < -0.39 is 6.10 Å². The van der Waals surface area contributed by atoms with E-state index in [0.29, 0.717) is 41.8 Å². The molecule has 4 aromatic rings. The number of anilines is 1. The first kappa shape index (κ1) is 31.2. The Morgan fingerprint density at radius 2 is 2.05 bits per heavy atom. The predicted octanol–water partition coefficient (Wildman–Crippen LogP) is 6.10. The summed E-state index contributed by atoms with van der Waals surface area (Å²) < 4.78 is 3.64. The number of nitrogens with one attached hydrogen (secondary N) is 1. The number of fused-ring (bicyclic) bond motifs is 1. The first-order valence-corrected chi connectivity index (χ1v) is 15.8. The fraction of sp³-hybridized carbons (Fsp3) is 0.424. The van der Waals surface area contributed by atoms with Gasteiger partial charge in [0.05, 0.1) is 28.1 Å². The predicted molar refractivity (Wildman–Crippen MR) is 171 cm³/mol. The summed E-state index contributed by atoms with van der Waals surface area (Å²) in [6.07, 6.45) is 6.80. The van der Waals surface area contributed by atoms with Crippen LogP contribution in [0.15, 0.2) is 60.4 Å². The van der Waals surface area contributed by atoms with Crippen LogP contribution in [0.3, 0.4) is 0 Å². The fourth-order valence-corrected chi connectivity index (χ4v) is 6.43. The van der Waals surface area contributed by atoms with E-state index in [1.165, 1.54) is 11.3 Å². The Balaban J connectivity index is 1.48. The molecule has 1 fully saturated rings. The number of thiophene rings is 1. The normalized spacial score (nSPS) is 16.5. The van der Waals surface area contributed by atoms with Crippen LogP contribution >= 0.6 is 11.3 Å². The number of hydrogen-bond donors (Lipinski definition) is 2. The number of nitrogens with zero attached hydrogens (tertiary/aromatic N) is 6. The van der Waals surface area contributed by atoms with Gasteiger partial charge in [0.15, 0.2) is 0 Å². The maximum absolute atomic E-state index is 13.5. The number of rotatable bonds is 9. The number of nitriles is 1. The van der Waals surface area contributed by atoms with Gasteiger partial charge < -0.3 is 14.6 Å². The fourth-order valence-electron chi connectivity index (χ4n) is 5.59. The molecule has 1 aromatic carbocycles. The van der Waals surface area contributed by atoms with Crippen molar-refractivity contribution < 1.29 is 14.7 Å². The van der Waals surface area contributed by atoms with Crippen LogP contribution in [0.5, 0.6) is 0 Å². The van der Waals surface area contributed by atoms with Crippen LogP contribution in [0.25, 0.3) is 16.0 Å².